The van der Waals surface area contributed by atoms with E-state index in [1.165, 1.54) is 24.0 Å². The maximum atomic E-state index is 12.6. The lowest BCUT2D eigenvalue weighted by atomic mass is 9.89. The van der Waals surface area contributed by atoms with Crippen molar-refractivity contribution in [2.24, 2.45) is 11.8 Å². The molecule has 1 aromatic carbocycles. The number of amides is 1. The Kier molecular flexibility index (Phi) is 4.69. The van der Waals surface area contributed by atoms with Gasteiger partial charge in [0, 0.05) is 13.1 Å². The highest BCUT2D eigenvalue weighted by atomic mass is 16.4. The first-order valence-corrected chi connectivity index (χ1v) is 8.64. The summed E-state index contributed by atoms with van der Waals surface area (Å²) in [6.45, 7) is 3.05. The predicted molar refractivity (Wildman–Crippen MR) is 88.3 cm³/mol. The van der Waals surface area contributed by atoms with Crippen LogP contribution in [0.3, 0.4) is 0 Å². The van der Waals surface area contributed by atoms with Crippen LogP contribution in [0.4, 0.5) is 0 Å². The number of aliphatic carboxylic acids is 1. The molecule has 1 saturated heterocycles. The van der Waals surface area contributed by atoms with Gasteiger partial charge >= 0.3 is 5.97 Å². The Bertz CT molecular complexity index is 611. The fourth-order valence-corrected chi connectivity index (χ4v) is 3.92. The minimum atomic E-state index is -0.789. The second-order valence-electron chi connectivity index (χ2n) is 7.16. The second kappa shape index (κ2) is 6.73. The molecule has 1 aliphatic carbocycles. The van der Waals surface area contributed by atoms with E-state index >= 15 is 0 Å². The van der Waals surface area contributed by atoms with Crippen molar-refractivity contribution in [2.45, 2.75) is 45.4 Å². The van der Waals surface area contributed by atoms with E-state index in [1.807, 2.05) is 6.92 Å². The molecule has 1 fully saturated rings. The van der Waals surface area contributed by atoms with E-state index in [0.717, 1.165) is 18.4 Å². The van der Waals surface area contributed by atoms with Crippen molar-refractivity contribution in [2.75, 3.05) is 13.1 Å². The molecule has 0 bridgehead atoms. The maximum Gasteiger partial charge on any atom is 0.308 e. The molecule has 0 aromatic heterocycles. The molecule has 3 rings (SSSR count). The van der Waals surface area contributed by atoms with Gasteiger partial charge < -0.3 is 10.0 Å². The van der Waals surface area contributed by atoms with Gasteiger partial charge in [0.2, 0.25) is 5.91 Å². The fourth-order valence-electron chi connectivity index (χ4n) is 3.92. The third kappa shape index (κ3) is 3.74. The van der Waals surface area contributed by atoms with Crippen molar-refractivity contribution in [3.8, 4) is 0 Å². The van der Waals surface area contributed by atoms with Crippen LogP contribution in [0.25, 0.3) is 0 Å². The molecule has 1 aromatic rings. The highest BCUT2D eigenvalue weighted by Gasteiger charge is 2.31. The van der Waals surface area contributed by atoms with E-state index in [0.29, 0.717) is 25.9 Å². The molecule has 0 spiro atoms. The summed E-state index contributed by atoms with van der Waals surface area (Å²) in [5.74, 6) is -0.912. The number of carbonyl (C=O) groups excluding carboxylic acids is 1. The van der Waals surface area contributed by atoms with Crippen molar-refractivity contribution in [3.05, 3.63) is 34.9 Å². The number of hydrogen-bond acceptors (Lipinski definition) is 2. The Labute approximate surface area is 137 Å². The number of carbonyl (C=O) groups is 2. The Hall–Kier alpha value is -1.84. The monoisotopic (exact) mass is 315 g/mol. The molecule has 23 heavy (non-hydrogen) atoms. The zero-order valence-corrected chi connectivity index (χ0v) is 13.8. The minimum absolute atomic E-state index is 0.0542. The molecule has 4 heteroatoms. The van der Waals surface area contributed by atoms with Gasteiger partial charge in [-0.25, -0.2) is 0 Å². The van der Waals surface area contributed by atoms with E-state index in [-0.39, 0.29) is 11.8 Å². The molecule has 1 N–H and O–H groups in total. The standard InChI is InChI=1S/C19H25NO3/c1-13-8-17(19(22)23)12-20(11-13)18(21)10-14-6-7-15-4-2-3-5-16(15)9-14/h6-7,9,13,17H,2-5,8,10-12H2,1H3,(H,22,23). The number of hydrogen-bond donors (Lipinski definition) is 1. The Morgan fingerprint density at radius 2 is 1.91 bits per heavy atom. The van der Waals surface area contributed by atoms with Gasteiger partial charge in [0.25, 0.3) is 0 Å². The van der Waals surface area contributed by atoms with Gasteiger partial charge in [0.15, 0.2) is 0 Å². The van der Waals surface area contributed by atoms with Crippen LogP contribution in [0.5, 0.6) is 0 Å². The molecule has 0 radical (unpaired) electrons. The number of aryl methyl sites for hydroxylation is 2. The van der Waals surface area contributed by atoms with Crippen LogP contribution in [0, 0.1) is 11.8 Å². The van der Waals surface area contributed by atoms with Crippen molar-refractivity contribution in [1.82, 2.24) is 4.90 Å². The van der Waals surface area contributed by atoms with Crippen LogP contribution in [-0.2, 0) is 28.9 Å². The van der Waals surface area contributed by atoms with Crippen LogP contribution in [-0.4, -0.2) is 35.0 Å². The van der Waals surface area contributed by atoms with Crippen molar-refractivity contribution in [3.63, 3.8) is 0 Å². The molecular weight excluding hydrogens is 290 g/mol. The second-order valence-corrected chi connectivity index (χ2v) is 7.16. The first kappa shape index (κ1) is 16.0. The molecule has 0 saturated carbocycles. The average Bonchev–Trinajstić information content (AvgIpc) is 2.54. The van der Waals surface area contributed by atoms with Gasteiger partial charge in [0.1, 0.15) is 0 Å². The third-order valence-corrected chi connectivity index (χ3v) is 5.13. The van der Waals surface area contributed by atoms with Crippen LogP contribution in [0.2, 0.25) is 0 Å². The lowest BCUT2D eigenvalue weighted by Gasteiger charge is -2.34. The predicted octanol–water partition coefficient (Wildman–Crippen LogP) is 2.68. The summed E-state index contributed by atoms with van der Waals surface area (Å²) in [5.41, 5.74) is 3.86. The van der Waals surface area contributed by atoms with Gasteiger partial charge in [-0.1, -0.05) is 25.1 Å². The van der Waals surface area contributed by atoms with Crippen molar-refractivity contribution >= 4 is 11.9 Å². The molecule has 1 heterocycles. The summed E-state index contributed by atoms with van der Waals surface area (Å²) in [5, 5.41) is 9.24. The highest BCUT2D eigenvalue weighted by Crippen LogP contribution is 2.24. The number of nitrogens with zero attached hydrogens (tertiary/aromatic N) is 1. The van der Waals surface area contributed by atoms with Gasteiger partial charge in [-0.2, -0.15) is 0 Å². The Morgan fingerprint density at radius 1 is 1.17 bits per heavy atom. The zero-order valence-electron chi connectivity index (χ0n) is 13.8. The van der Waals surface area contributed by atoms with E-state index < -0.39 is 11.9 Å². The first-order valence-electron chi connectivity index (χ1n) is 8.64. The largest absolute Gasteiger partial charge is 0.481 e. The number of likely N-dealkylation sites (tertiary alicyclic amines) is 1. The Morgan fingerprint density at radius 3 is 2.65 bits per heavy atom. The van der Waals surface area contributed by atoms with Gasteiger partial charge in [-0.05, 0) is 54.7 Å². The molecule has 2 atom stereocenters. The number of benzene rings is 1. The number of fused-ring (bicyclic) bond motifs is 1. The average molecular weight is 315 g/mol. The van der Waals surface area contributed by atoms with E-state index in [2.05, 4.69) is 18.2 Å². The molecule has 4 nitrogen and oxygen atoms in total. The first-order chi connectivity index (χ1) is 11.0. The molecule has 124 valence electrons. The lowest BCUT2D eigenvalue weighted by molar-refractivity contribution is -0.146. The Balaban J connectivity index is 1.67. The fraction of sp³-hybridized carbons (Fsp3) is 0.579. The van der Waals surface area contributed by atoms with E-state index in [1.54, 1.807) is 4.90 Å². The summed E-state index contributed by atoms with van der Waals surface area (Å²) in [6, 6.07) is 6.40. The summed E-state index contributed by atoms with van der Waals surface area (Å²) in [7, 11) is 0. The number of piperidine rings is 1. The normalized spacial score (nSPS) is 24.1. The van der Waals surface area contributed by atoms with Crippen molar-refractivity contribution < 1.29 is 14.7 Å². The van der Waals surface area contributed by atoms with Gasteiger partial charge in [-0.15, -0.1) is 0 Å². The van der Waals surface area contributed by atoms with E-state index in [4.69, 9.17) is 0 Å². The number of carboxylic acid groups (broad SMARTS) is 1. The van der Waals surface area contributed by atoms with Crippen LogP contribution < -0.4 is 0 Å². The third-order valence-electron chi connectivity index (χ3n) is 5.13. The smallest absolute Gasteiger partial charge is 0.308 e. The summed E-state index contributed by atoms with van der Waals surface area (Å²) in [4.78, 5) is 25.6. The SMILES string of the molecule is CC1CC(C(=O)O)CN(C(=O)Cc2ccc3c(c2)CCCC3)C1. The van der Waals surface area contributed by atoms with Gasteiger partial charge in [0.05, 0.1) is 12.3 Å². The summed E-state index contributed by atoms with van der Waals surface area (Å²) < 4.78 is 0. The zero-order chi connectivity index (χ0) is 16.4. The maximum absolute atomic E-state index is 12.6. The van der Waals surface area contributed by atoms with Crippen molar-refractivity contribution in [1.29, 1.82) is 0 Å². The van der Waals surface area contributed by atoms with Gasteiger partial charge in [-0.3, -0.25) is 9.59 Å². The summed E-state index contributed by atoms with van der Waals surface area (Å²) >= 11 is 0. The van der Waals surface area contributed by atoms with Crippen LogP contribution in [0.1, 0.15) is 42.9 Å². The molecule has 1 amide bonds. The van der Waals surface area contributed by atoms with Crippen LogP contribution >= 0.6 is 0 Å². The molecule has 1 aliphatic heterocycles. The highest BCUT2D eigenvalue weighted by molar-refractivity contribution is 5.80. The molecular formula is C19H25NO3. The number of rotatable bonds is 3. The van der Waals surface area contributed by atoms with E-state index in [9.17, 15) is 14.7 Å². The quantitative estimate of drug-likeness (QED) is 0.933. The lowest BCUT2D eigenvalue weighted by Crippen LogP contribution is -2.46. The number of carboxylic acids is 1. The molecule has 2 aliphatic rings. The molecule has 2 unspecified atom stereocenters. The van der Waals surface area contributed by atoms with Crippen LogP contribution in [0.15, 0.2) is 18.2 Å². The summed E-state index contributed by atoms with van der Waals surface area (Å²) in [6.07, 6.45) is 5.79. The minimum Gasteiger partial charge on any atom is -0.481 e. The topological polar surface area (TPSA) is 57.6 Å².